The van der Waals surface area contributed by atoms with Crippen molar-refractivity contribution in [3.05, 3.63) is 14.1 Å². The van der Waals surface area contributed by atoms with Crippen LogP contribution in [-0.4, -0.2) is 10.9 Å². The zero-order valence-electron chi connectivity index (χ0n) is 5.50. The Kier molecular flexibility index (Phi) is 1.84. The molecule has 1 aromatic heterocycles. The molecule has 11 heavy (non-hydrogen) atoms. The molecule has 1 aliphatic rings. The fourth-order valence-electron chi connectivity index (χ4n) is 0.936. The number of amides is 1. The second-order valence-corrected chi connectivity index (χ2v) is 5.28. The first-order valence-corrected chi connectivity index (χ1v) is 5.06. The first-order chi connectivity index (χ1) is 5.25. The van der Waals surface area contributed by atoms with E-state index in [0.29, 0.717) is 6.42 Å². The summed E-state index contributed by atoms with van der Waals surface area (Å²) in [7, 11) is 0. The van der Waals surface area contributed by atoms with E-state index in [4.69, 9.17) is 0 Å². The van der Waals surface area contributed by atoms with Gasteiger partial charge in [-0.15, -0.1) is 11.3 Å². The van der Waals surface area contributed by atoms with E-state index in [-0.39, 0.29) is 11.9 Å². The number of carbonyl (C=O) groups excluding carboxylic acids is 1. The third-order valence-corrected chi connectivity index (χ3v) is 3.36. The van der Waals surface area contributed by atoms with Crippen molar-refractivity contribution >= 4 is 39.8 Å². The Morgan fingerprint density at radius 2 is 2.55 bits per heavy atom. The van der Waals surface area contributed by atoms with E-state index in [0.717, 1.165) is 5.01 Å². The molecule has 0 spiro atoms. The molecule has 3 nitrogen and oxygen atoms in total. The fraction of sp³-hybridized carbons (Fsp3) is 0.333. The van der Waals surface area contributed by atoms with Gasteiger partial charge in [0.15, 0.2) is 0 Å². The molecule has 0 aromatic carbocycles. The summed E-state index contributed by atoms with van der Waals surface area (Å²) >= 11 is 3.86. The van der Waals surface area contributed by atoms with Crippen molar-refractivity contribution in [1.29, 1.82) is 0 Å². The van der Waals surface area contributed by atoms with E-state index >= 15 is 0 Å². The second-order valence-electron chi connectivity index (χ2n) is 2.33. The van der Waals surface area contributed by atoms with Gasteiger partial charge >= 0.3 is 0 Å². The van der Waals surface area contributed by atoms with Crippen molar-refractivity contribution in [2.24, 2.45) is 0 Å². The monoisotopic (exact) mass is 280 g/mol. The lowest BCUT2D eigenvalue weighted by molar-refractivity contribution is -0.128. The maximum Gasteiger partial charge on any atom is 0.223 e. The van der Waals surface area contributed by atoms with Crippen molar-refractivity contribution in [1.82, 2.24) is 10.3 Å². The quantitative estimate of drug-likeness (QED) is 0.622. The summed E-state index contributed by atoms with van der Waals surface area (Å²) in [6.07, 6.45) is 2.43. The van der Waals surface area contributed by atoms with Crippen molar-refractivity contribution in [3.8, 4) is 0 Å². The van der Waals surface area contributed by atoms with Crippen LogP contribution in [0, 0.1) is 2.88 Å². The number of hydrogen-bond donors (Lipinski definition) is 1. The van der Waals surface area contributed by atoms with Crippen LogP contribution in [0.25, 0.3) is 0 Å². The highest BCUT2D eigenvalue weighted by molar-refractivity contribution is 14.1. The molecule has 2 rings (SSSR count). The van der Waals surface area contributed by atoms with Crippen LogP contribution in [0.4, 0.5) is 0 Å². The molecule has 0 aliphatic carbocycles. The van der Waals surface area contributed by atoms with Gasteiger partial charge in [0.2, 0.25) is 5.91 Å². The predicted octanol–water partition coefficient (Wildman–Crippen LogP) is 1.31. The zero-order valence-corrected chi connectivity index (χ0v) is 8.48. The Bertz CT molecular complexity index is 291. The average molecular weight is 280 g/mol. The molecule has 1 amide bonds. The predicted molar refractivity (Wildman–Crippen MR) is 50.3 cm³/mol. The molecule has 2 heterocycles. The van der Waals surface area contributed by atoms with Crippen LogP contribution < -0.4 is 5.32 Å². The molecule has 1 aliphatic heterocycles. The molecule has 1 fully saturated rings. The number of carbonyl (C=O) groups is 1. The smallest absolute Gasteiger partial charge is 0.223 e. The van der Waals surface area contributed by atoms with Gasteiger partial charge in [-0.1, -0.05) is 0 Å². The van der Waals surface area contributed by atoms with Crippen molar-refractivity contribution in [3.63, 3.8) is 0 Å². The fourth-order valence-corrected chi connectivity index (χ4v) is 2.45. The topological polar surface area (TPSA) is 42.0 Å². The lowest BCUT2D eigenvalue weighted by atomic mass is 10.1. The standard InChI is InChI=1S/C6H5IN2OS/c7-4-2-8-6(11-4)3-1-5(10)9-3/h2-3H,1H2,(H,9,10). The minimum Gasteiger partial charge on any atom is -0.346 e. The van der Waals surface area contributed by atoms with Gasteiger partial charge in [-0.05, 0) is 22.6 Å². The van der Waals surface area contributed by atoms with E-state index < -0.39 is 0 Å². The Hall–Kier alpha value is -0.170. The minimum absolute atomic E-state index is 0.125. The molecule has 1 atom stereocenters. The highest BCUT2D eigenvalue weighted by Gasteiger charge is 2.28. The second kappa shape index (κ2) is 2.71. The molecule has 1 N–H and O–H groups in total. The normalized spacial score (nSPS) is 22.6. The SMILES string of the molecule is O=C1CC(c2ncc(I)s2)N1. The molecule has 5 heteroatoms. The molecule has 1 saturated heterocycles. The van der Waals surface area contributed by atoms with Crippen LogP contribution in [-0.2, 0) is 4.79 Å². The van der Waals surface area contributed by atoms with Crippen LogP contribution in [0.15, 0.2) is 6.20 Å². The molecule has 0 bridgehead atoms. The van der Waals surface area contributed by atoms with E-state index in [1.807, 2.05) is 6.20 Å². The highest BCUT2D eigenvalue weighted by Crippen LogP contribution is 2.27. The summed E-state index contributed by atoms with van der Waals surface area (Å²) in [5.74, 6) is 0.125. The third kappa shape index (κ3) is 1.39. The minimum atomic E-state index is 0.125. The largest absolute Gasteiger partial charge is 0.346 e. The Labute approximate surface area is 81.4 Å². The molecule has 1 unspecified atom stereocenters. The van der Waals surface area contributed by atoms with Crippen molar-refractivity contribution in [2.45, 2.75) is 12.5 Å². The van der Waals surface area contributed by atoms with E-state index in [1.165, 1.54) is 2.88 Å². The summed E-state index contributed by atoms with van der Waals surface area (Å²) in [4.78, 5) is 14.7. The maximum absolute atomic E-state index is 10.6. The third-order valence-electron chi connectivity index (χ3n) is 1.52. The first kappa shape index (κ1) is 7.48. The van der Waals surface area contributed by atoms with Gasteiger partial charge in [-0.2, -0.15) is 0 Å². The summed E-state index contributed by atoms with van der Waals surface area (Å²) in [6.45, 7) is 0. The van der Waals surface area contributed by atoms with Crippen LogP contribution in [0.5, 0.6) is 0 Å². The zero-order chi connectivity index (χ0) is 7.84. The highest BCUT2D eigenvalue weighted by atomic mass is 127. The van der Waals surface area contributed by atoms with Gasteiger partial charge in [0, 0.05) is 0 Å². The van der Waals surface area contributed by atoms with Gasteiger partial charge in [0.25, 0.3) is 0 Å². The number of rotatable bonds is 1. The number of halogens is 1. The number of nitrogens with zero attached hydrogens (tertiary/aromatic N) is 1. The lowest BCUT2D eigenvalue weighted by Crippen LogP contribution is -2.41. The summed E-state index contributed by atoms with van der Waals surface area (Å²) in [5.41, 5.74) is 0. The van der Waals surface area contributed by atoms with Crippen LogP contribution in [0.2, 0.25) is 0 Å². The number of thiazole rings is 1. The summed E-state index contributed by atoms with van der Waals surface area (Å²) in [5, 5.41) is 3.80. The van der Waals surface area contributed by atoms with Gasteiger partial charge in [0.1, 0.15) is 5.01 Å². The van der Waals surface area contributed by atoms with Crippen LogP contribution in [0.3, 0.4) is 0 Å². The Morgan fingerprint density at radius 1 is 1.82 bits per heavy atom. The van der Waals surface area contributed by atoms with Crippen LogP contribution in [0.1, 0.15) is 17.5 Å². The Balaban J connectivity index is 2.12. The maximum atomic E-state index is 10.6. The van der Waals surface area contributed by atoms with Crippen molar-refractivity contribution < 1.29 is 4.79 Å². The van der Waals surface area contributed by atoms with Gasteiger partial charge in [0.05, 0.1) is 21.5 Å². The summed E-state index contributed by atoms with van der Waals surface area (Å²) in [6, 6.07) is 0.191. The number of hydrogen-bond acceptors (Lipinski definition) is 3. The lowest BCUT2D eigenvalue weighted by Gasteiger charge is -2.24. The molecule has 0 radical (unpaired) electrons. The van der Waals surface area contributed by atoms with Crippen LogP contribution >= 0.6 is 33.9 Å². The van der Waals surface area contributed by atoms with Gasteiger partial charge in [-0.3, -0.25) is 4.79 Å². The van der Waals surface area contributed by atoms with Gasteiger partial charge in [-0.25, -0.2) is 4.98 Å². The molecule has 1 aromatic rings. The average Bonchev–Trinajstić information content (AvgIpc) is 2.29. The number of β-lactam (4-membered cyclic amide) rings is 1. The van der Waals surface area contributed by atoms with E-state index in [1.54, 1.807) is 11.3 Å². The first-order valence-electron chi connectivity index (χ1n) is 3.16. The summed E-state index contributed by atoms with van der Waals surface area (Å²) < 4.78 is 1.17. The van der Waals surface area contributed by atoms with Crippen molar-refractivity contribution in [2.75, 3.05) is 0 Å². The molecule has 58 valence electrons. The van der Waals surface area contributed by atoms with E-state index in [2.05, 4.69) is 32.9 Å². The molecular formula is C6H5IN2OS. The van der Waals surface area contributed by atoms with Gasteiger partial charge < -0.3 is 5.32 Å². The number of nitrogens with one attached hydrogen (secondary N) is 1. The molecule has 0 saturated carbocycles. The molecular weight excluding hydrogens is 275 g/mol. The Morgan fingerprint density at radius 3 is 3.00 bits per heavy atom. The number of aromatic nitrogens is 1. The van der Waals surface area contributed by atoms with E-state index in [9.17, 15) is 4.79 Å².